The number of fused-ring (bicyclic) bond motifs is 3. The normalized spacial score (nSPS) is 13.5. The summed E-state index contributed by atoms with van der Waals surface area (Å²) >= 11 is 0. The molecule has 2 heterocycles. The van der Waals surface area contributed by atoms with E-state index in [4.69, 9.17) is 0 Å². The van der Waals surface area contributed by atoms with Gasteiger partial charge in [0.2, 0.25) is 0 Å². The van der Waals surface area contributed by atoms with Crippen molar-refractivity contribution in [2.75, 3.05) is 7.05 Å². The zero-order valence-corrected chi connectivity index (χ0v) is 13.8. The predicted molar refractivity (Wildman–Crippen MR) is 88.0 cm³/mol. The molecule has 0 unspecified atom stereocenters. The molecule has 2 aromatic rings. The Hall–Kier alpha value is -2.43. The van der Waals surface area contributed by atoms with E-state index in [1.165, 1.54) is 0 Å². The van der Waals surface area contributed by atoms with E-state index in [0.717, 1.165) is 29.8 Å². The van der Waals surface area contributed by atoms with Crippen LogP contribution in [0, 0.1) is 0 Å². The van der Waals surface area contributed by atoms with E-state index < -0.39 is 0 Å². The number of hydrogen-bond acceptors (Lipinski definition) is 3. The van der Waals surface area contributed by atoms with E-state index in [1.807, 2.05) is 29.7 Å². The Labute approximate surface area is 135 Å². The summed E-state index contributed by atoms with van der Waals surface area (Å²) in [5.74, 6) is 0.0172. The van der Waals surface area contributed by atoms with Crippen LogP contribution < -0.4 is 0 Å². The summed E-state index contributed by atoms with van der Waals surface area (Å²) in [5, 5.41) is 0. The third-order valence-electron chi connectivity index (χ3n) is 4.30. The van der Waals surface area contributed by atoms with Gasteiger partial charge in [-0.05, 0) is 30.5 Å². The molecular formula is C18H21N3O2. The van der Waals surface area contributed by atoms with Crippen LogP contribution in [0.15, 0.2) is 24.5 Å². The van der Waals surface area contributed by atoms with Crippen LogP contribution in [0.5, 0.6) is 0 Å². The minimum atomic E-state index is -0.0205. The molecule has 23 heavy (non-hydrogen) atoms. The maximum Gasteiger partial charge on any atom is 0.256 e. The molecule has 1 aromatic carbocycles. The summed E-state index contributed by atoms with van der Waals surface area (Å²) in [4.78, 5) is 31.0. The van der Waals surface area contributed by atoms with E-state index in [2.05, 4.69) is 11.9 Å². The average Bonchev–Trinajstić information content (AvgIpc) is 2.93. The number of Topliss-reactive ketones (excluding diaryl/α,β-unsaturated/α-hetero) is 1. The maximum atomic E-state index is 12.7. The minimum Gasteiger partial charge on any atom is -0.336 e. The quantitative estimate of drug-likeness (QED) is 0.816. The third kappa shape index (κ3) is 2.56. The number of aryl methyl sites for hydroxylation is 1. The van der Waals surface area contributed by atoms with E-state index in [9.17, 15) is 9.59 Å². The van der Waals surface area contributed by atoms with E-state index in [0.29, 0.717) is 24.2 Å². The number of amides is 1. The van der Waals surface area contributed by atoms with Crippen LogP contribution in [-0.2, 0) is 13.0 Å². The molecule has 1 aliphatic heterocycles. The lowest BCUT2D eigenvalue weighted by Gasteiger charge is -2.14. The van der Waals surface area contributed by atoms with Crippen molar-refractivity contribution in [1.29, 1.82) is 0 Å². The minimum absolute atomic E-state index is 0.0205. The second-order valence-corrected chi connectivity index (χ2v) is 5.95. The van der Waals surface area contributed by atoms with E-state index in [-0.39, 0.29) is 11.7 Å². The zero-order valence-electron chi connectivity index (χ0n) is 13.8. The van der Waals surface area contributed by atoms with Crippen LogP contribution in [0.4, 0.5) is 0 Å². The largest absolute Gasteiger partial charge is 0.336 e. The topological polar surface area (TPSA) is 55.2 Å². The number of carbonyl (C=O) groups excluding carboxylic acids is 2. The second kappa shape index (κ2) is 5.99. The van der Waals surface area contributed by atoms with E-state index in [1.54, 1.807) is 18.3 Å². The summed E-state index contributed by atoms with van der Waals surface area (Å²) in [6.07, 6.45) is 3.80. The Balaban J connectivity index is 2.18. The van der Waals surface area contributed by atoms with Gasteiger partial charge in [0, 0.05) is 13.5 Å². The van der Waals surface area contributed by atoms with E-state index >= 15 is 0 Å². The van der Waals surface area contributed by atoms with Gasteiger partial charge in [-0.25, -0.2) is 4.98 Å². The van der Waals surface area contributed by atoms with Gasteiger partial charge in [0.25, 0.3) is 5.91 Å². The number of rotatable bonds is 4. The summed E-state index contributed by atoms with van der Waals surface area (Å²) in [6.45, 7) is 4.43. The van der Waals surface area contributed by atoms with Crippen molar-refractivity contribution in [3.63, 3.8) is 0 Å². The summed E-state index contributed by atoms with van der Waals surface area (Å²) < 4.78 is 1.89. The molecule has 120 valence electrons. The highest BCUT2D eigenvalue weighted by molar-refractivity contribution is 6.00. The molecule has 3 rings (SSSR count). The molecule has 0 atom stereocenters. The van der Waals surface area contributed by atoms with Gasteiger partial charge in [-0.2, -0.15) is 0 Å². The third-order valence-corrected chi connectivity index (χ3v) is 4.30. The van der Waals surface area contributed by atoms with Crippen LogP contribution >= 0.6 is 0 Å². The molecule has 0 radical (unpaired) electrons. The number of imidazole rings is 1. The predicted octanol–water partition coefficient (Wildman–Crippen LogP) is 3.00. The van der Waals surface area contributed by atoms with Crippen molar-refractivity contribution < 1.29 is 9.59 Å². The molecule has 1 aliphatic rings. The lowest BCUT2D eigenvalue weighted by atomic mass is 10.1. The highest BCUT2D eigenvalue weighted by Crippen LogP contribution is 2.27. The Kier molecular flexibility index (Phi) is 4.03. The monoisotopic (exact) mass is 311 g/mol. The van der Waals surface area contributed by atoms with Gasteiger partial charge in [-0.15, -0.1) is 0 Å². The number of hydrogen-bond donors (Lipinski definition) is 0. The summed E-state index contributed by atoms with van der Waals surface area (Å²) in [6, 6.07) is 5.91. The first-order valence-corrected chi connectivity index (χ1v) is 8.05. The average molecular weight is 311 g/mol. The number of carbonyl (C=O) groups is 2. The van der Waals surface area contributed by atoms with Gasteiger partial charge in [0.15, 0.2) is 5.78 Å². The molecule has 0 saturated heterocycles. The molecule has 5 heteroatoms. The van der Waals surface area contributed by atoms with Crippen LogP contribution in [0.3, 0.4) is 0 Å². The van der Waals surface area contributed by atoms with Gasteiger partial charge in [-0.1, -0.05) is 19.9 Å². The van der Waals surface area contributed by atoms with Crippen molar-refractivity contribution in [3.05, 3.63) is 47.0 Å². The Morgan fingerprint density at radius 3 is 2.78 bits per heavy atom. The Bertz CT molecular complexity index is 777. The lowest BCUT2D eigenvalue weighted by Crippen LogP contribution is -2.25. The standard InChI is InChI=1S/C18H21N3O2/c1-4-6-16(22)17-15-10-20(3)18(23)13-9-12(5-2)7-8-14(13)21(15)11-19-17/h7-9,11H,4-6,10H2,1-3H3. The molecule has 0 spiro atoms. The van der Waals surface area contributed by atoms with Crippen molar-refractivity contribution in [1.82, 2.24) is 14.5 Å². The lowest BCUT2D eigenvalue weighted by molar-refractivity contribution is 0.0785. The van der Waals surface area contributed by atoms with Gasteiger partial charge in [0.1, 0.15) is 12.0 Å². The van der Waals surface area contributed by atoms with Gasteiger partial charge < -0.3 is 4.90 Å². The highest BCUT2D eigenvalue weighted by atomic mass is 16.2. The van der Waals surface area contributed by atoms with Crippen molar-refractivity contribution >= 4 is 11.7 Å². The van der Waals surface area contributed by atoms with Gasteiger partial charge in [-0.3, -0.25) is 14.2 Å². The van der Waals surface area contributed by atoms with Crippen LogP contribution in [-0.4, -0.2) is 33.2 Å². The van der Waals surface area contributed by atoms with Crippen molar-refractivity contribution in [2.45, 2.75) is 39.7 Å². The first-order chi connectivity index (χ1) is 11.1. The molecule has 0 N–H and O–H groups in total. The number of aromatic nitrogens is 2. The first kappa shape index (κ1) is 15.5. The van der Waals surface area contributed by atoms with Crippen LogP contribution in [0.1, 0.15) is 58.8 Å². The number of nitrogens with zero attached hydrogens (tertiary/aromatic N) is 3. The molecule has 1 aromatic heterocycles. The van der Waals surface area contributed by atoms with Crippen LogP contribution in [0.25, 0.3) is 5.69 Å². The fourth-order valence-corrected chi connectivity index (χ4v) is 3.00. The van der Waals surface area contributed by atoms with Crippen LogP contribution in [0.2, 0.25) is 0 Å². The zero-order chi connectivity index (χ0) is 16.6. The molecule has 0 saturated carbocycles. The molecule has 0 aliphatic carbocycles. The SMILES string of the molecule is CCCC(=O)c1ncn2c1CN(C)C(=O)c1cc(CC)ccc1-2. The van der Waals surface area contributed by atoms with Crippen molar-refractivity contribution in [3.8, 4) is 5.69 Å². The Morgan fingerprint density at radius 2 is 2.09 bits per heavy atom. The number of benzene rings is 1. The van der Waals surface area contributed by atoms with Crippen molar-refractivity contribution in [2.24, 2.45) is 0 Å². The first-order valence-electron chi connectivity index (χ1n) is 8.05. The maximum absolute atomic E-state index is 12.7. The van der Waals surface area contributed by atoms with Gasteiger partial charge in [0.05, 0.1) is 23.5 Å². The smallest absolute Gasteiger partial charge is 0.256 e. The summed E-state index contributed by atoms with van der Waals surface area (Å²) in [5.41, 5.74) is 3.87. The number of ketones is 1. The molecular weight excluding hydrogens is 290 g/mol. The molecule has 0 fully saturated rings. The molecule has 0 bridgehead atoms. The fourth-order valence-electron chi connectivity index (χ4n) is 3.00. The Morgan fingerprint density at radius 1 is 1.30 bits per heavy atom. The highest BCUT2D eigenvalue weighted by Gasteiger charge is 2.28. The fraction of sp³-hybridized carbons (Fsp3) is 0.389. The molecule has 5 nitrogen and oxygen atoms in total. The second-order valence-electron chi connectivity index (χ2n) is 5.95. The van der Waals surface area contributed by atoms with Gasteiger partial charge >= 0.3 is 0 Å². The molecule has 1 amide bonds. The summed E-state index contributed by atoms with van der Waals surface area (Å²) in [7, 11) is 1.77.